The first kappa shape index (κ1) is 19.4. The number of hydrogen-bond donors (Lipinski definition) is 1. The van der Waals surface area contributed by atoms with E-state index in [-0.39, 0.29) is 0 Å². The second-order valence-electron chi connectivity index (χ2n) is 5.71. The van der Waals surface area contributed by atoms with Crippen LogP contribution >= 0.6 is 0 Å². The highest BCUT2D eigenvalue weighted by atomic mass is 16.2. The van der Waals surface area contributed by atoms with Crippen LogP contribution in [0.25, 0.3) is 0 Å². The zero-order chi connectivity index (χ0) is 15.1. The highest BCUT2D eigenvalue weighted by molar-refractivity contribution is 5.76. The van der Waals surface area contributed by atoms with Gasteiger partial charge in [0.15, 0.2) is 0 Å². The smallest absolute Gasteiger partial charge is 0.222 e. The van der Waals surface area contributed by atoms with Crippen LogP contribution in [0.1, 0.15) is 78.1 Å². The molecule has 3 nitrogen and oxygen atoms in total. The summed E-state index contributed by atoms with van der Waals surface area (Å²) in [6.07, 6.45) is 11.9. The third kappa shape index (κ3) is 11.3. The topological polar surface area (TPSA) is 32.3 Å². The summed E-state index contributed by atoms with van der Waals surface area (Å²) in [5, 5.41) is 3.15. The van der Waals surface area contributed by atoms with Gasteiger partial charge in [-0.3, -0.25) is 4.79 Å². The molecule has 0 aromatic rings. The summed E-state index contributed by atoms with van der Waals surface area (Å²) in [5.74, 6) is 0.342. The molecule has 0 spiro atoms. The van der Waals surface area contributed by atoms with E-state index in [2.05, 4.69) is 24.1 Å². The third-order valence-corrected chi connectivity index (χ3v) is 3.70. The lowest BCUT2D eigenvalue weighted by Gasteiger charge is -2.22. The van der Waals surface area contributed by atoms with Gasteiger partial charge in [-0.2, -0.15) is 0 Å². The summed E-state index contributed by atoms with van der Waals surface area (Å²) in [6.45, 7) is 7.19. The fraction of sp³-hybridized carbons (Fsp3) is 0.941. The lowest BCUT2D eigenvalue weighted by Crippen LogP contribution is -2.33. The molecule has 1 N–H and O–H groups in total. The van der Waals surface area contributed by atoms with Gasteiger partial charge >= 0.3 is 0 Å². The average Bonchev–Trinajstić information content (AvgIpc) is 2.44. The van der Waals surface area contributed by atoms with Crippen molar-refractivity contribution < 1.29 is 4.79 Å². The van der Waals surface area contributed by atoms with Gasteiger partial charge in [-0.05, 0) is 32.9 Å². The minimum absolute atomic E-state index is 0.342. The van der Waals surface area contributed by atoms with E-state index in [1.54, 1.807) is 0 Å². The Hall–Kier alpha value is -0.570. The van der Waals surface area contributed by atoms with E-state index >= 15 is 0 Å². The van der Waals surface area contributed by atoms with E-state index in [0.717, 1.165) is 32.5 Å². The van der Waals surface area contributed by atoms with Crippen LogP contribution in [0.3, 0.4) is 0 Å². The Bertz CT molecular complexity index is 219. The van der Waals surface area contributed by atoms with Gasteiger partial charge in [-0.1, -0.05) is 52.4 Å². The molecule has 0 saturated heterocycles. The normalized spacial score (nSPS) is 10.8. The van der Waals surface area contributed by atoms with Crippen LogP contribution in [0.4, 0.5) is 0 Å². The monoisotopic (exact) mass is 284 g/mol. The zero-order valence-corrected chi connectivity index (χ0v) is 14.0. The molecule has 120 valence electrons. The minimum atomic E-state index is 0.342. The summed E-state index contributed by atoms with van der Waals surface area (Å²) in [5.41, 5.74) is 0. The van der Waals surface area contributed by atoms with E-state index in [1.807, 2.05) is 7.05 Å². The van der Waals surface area contributed by atoms with Crippen molar-refractivity contribution in [1.29, 1.82) is 0 Å². The Balaban J connectivity index is 3.76. The fourth-order valence-electron chi connectivity index (χ4n) is 2.44. The minimum Gasteiger partial charge on any atom is -0.343 e. The van der Waals surface area contributed by atoms with Gasteiger partial charge in [0.25, 0.3) is 0 Å². The molecule has 0 aromatic heterocycles. The highest BCUT2D eigenvalue weighted by Crippen LogP contribution is 2.08. The summed E-state index contributed by atoms with van der Waals surface area (Å²) in [7, 11) is 1.97. The van der Waals surface area contributed by atoms with Crippen molar-refractivity contribution in [3.8, 4) is 0 Å². The molecule has 0 radical (unpaired) electrons. The van der Waals surface area contributed by atoms with E-state index in [4.69, 9.17) is 0 Å². The van der Waals surface area contributed by atoms with E-state index in [1.165, 1.54) is 44.9 Å². The van der Waals surface area contributed by atoms with Crippen LogP contribution in [0, 0.1) is 0 Å². The van der Waals surface area contributed by atoms with Crippen LogP contribution in [0.2, 0.25) is 0 Å². The Labute approximate surface area is 126 Å². The lowest BCUT2D eigenvalue weighted by atomic mass is 10.1. The standard InChI is InChI=1S/C17H36N2O/c1-4-6-7-8-9-10-11-15-19(16-12-14-18-3)17(20)13-5-2/h18H,4-16H2,1-3H3. The molecule has 0 aromatic carbocycles. The number of unbranched alkanes of at least 4 members (excludes halogenated alkanes) is 6. The highest BCUT2D eigenvalue weighted by Gasteiger charge is 2.11. The Morgan fingerprint density at radius 1 is 0.850 bits per heavy atom. The number of hydrogen-bond acceptors (Lipinski definition) is 2. The number of amides is 1. The molecule has 0 aliphatic carbocycles. The van der Waals surface area contributed by atoms with Crippen LogP contribution in [-0.4, -0.2) is 37.5 Å². The fourth-order valence-corrected chi connectivity index (χ4v) is 2.44. The average molecular weight is 284 g/mol. The number of nitrogens with zero attached hydrogens (tertiary/aromatic N) is 1. The van der Waals surface area contributed by atoms with Crippen molar-refractivity contribution in [3.63, 3.8) is 0 Å². The number of nitrogens with one attached hydrogen (secondary N) is 1. The van der Waals surface area contributed by atoms with Gasteiger partial charge in [0.05, 0.1) is 0 Å². The molecular weight excluding hydrogens is 248 g/mol. The van der Waals surface area contributed by atoms with E-state index in [9.17, 15) is 4.79 Å². The molecule has 0 rings (SSSR count). The third-order valence-electron chi connectivity index (χ3n) is 3.70. The maximum absolute atomic E-state index is 12.0. The molecule has 0 unspecified atom stereocenters. The maximum Gasteiger partial charge on any atom is 0.222 e. The second-order valence-corrected chi connectivity index (χ2v) is 5.71. The molecule has 1 amide bonds. The van der Waals surface area contributed by atoms with Gasteiger partial charge in [-0.15, -0.1) is 0 Å². The van der Waals surface area contributed by atoms with Crippen molar-refractivity contribution in [2.75, 3.05) is 26.7 Å². The number of carbonyl (C=O) groups is 1. The van der Waals surface area contributed by atoms with Gasteiger partial charge in [0, 0.05) is 19.5 Å². The van der Waals surface area contributed by atoms with Crippen LogP contribution in [0.5, 0.6) is 0 Å². The summed E-state index contributed by atoms with van der Waals surface area (Å²) < 4.78 is 0. The van der Waals surface area contributed by atoms with Crippen molar-refractivity contribution in [2.24, 2.45) is 0 Å². The van der Waals surface area contributed by atoms with Crippen molar-refractivity contribution >= 4 is 5.91 Å². The summed E-state index contributed by atoms with van der Waals surface area (Å²) in [4.78, 5) is 14.1. The summed E-state index contributed by atoms with van der Waals surface area (Å²) >= 11 is 0. The van der Waals surface area contributed by atoms with E-state index in [0.29, 0.717) is 12.3 Å². The quantitative estimate of drug-likeness (QED) is 0.489. The largest absolute Gasteiger partial charge is 0.343 e. The second kappa shape index (κ2) is 14.8. The van der Waals surface area contributed by atoms with Crippen LogP contribution in [-0.2, 0) is 4.79 Å². The van der Waals surface area contributed by atoms with Gasteiger partial charge in [0.1, 0.15) is 0 Å². The Morgan fingerprint density at radius 3 is 2.05 bits per heavy atom. The molecule has 0 saturated carbocycles. The van der Waals surface area contributed by atoms with Crippen molar-refractivity contribution in [3.05, 3.63) is 0 Å². The maximum atomic E-state index is 12.0. The predicted octanol–water partition coefficient (Wildman–Crippen LogP) is 3.98. The Morgan fingerprint density at radius 2 is 1.45 bits per heavy atom. The predicted molar refractivity (Wildman–Crippen MR) is 88.0 cm³/mol. The zero-order valence-electron chi connectivity index (χ0n) is 14.0. The molecular formula is C17H36N2O. The molecule has 0 aliphatic heterocycles. The Kier molecular flexibility index (Phi) is 14.4. The van der Waals surface area contributed by atoms with Crippen molar-refractivity contribution in [1.82, 2.24) is 10.2 Å². The first-order chi connectivity index (χ1) is 9.76. The van der Waals surface area contributed by atoms with Crippen LogP contribution in [0.15, 0.2) is 0 Å². The number of carbonyl (C=O) groups excluding carboxylic acids is 1. The molecule has 0 fully saturated rings. The van der Waals surface area contributed by atoms with Gasteiger partial charge in [-0.25, -0.2) is 0 Å². The van der Waals surface area contributed by atoms with Crippen molar-refractivity contribution in [2.45, 2.75) is 78.1 Å². The summed E-state index contributed by atoms with van der Waals surface area (Å²) in [6, 6.07) is 0. The molecule has 0 aliphatic rings. The SMILES string of the molecule is CCCCCCCCCN(CCCNC)C(=O)CCC. The first-order valence-corrected chi connectivity index (χ1v) is 8.68. The first-order valence-electron chi connectivity index (χ1n) is 8.68. The van der Waals surface area contributed by atoms with Gasteiger partial charge < -0.3 is 10.2 Å². The molecule has 3 heteroatoms. The molecule has 20 heavy (non-hydrogen) atoms. The molecule has 0 bridgehead atoms. The van der Waals surface area contributed by atoms with Crippen LogP contribution < -0.4 is 5.32 Å². The van der Waals surface area contributed by atoms with Gasteiger partial charge in [0.2, 0.25) is 5.91 Å². The number of rotatable bonds is 14. The molecule has 0 atom stereocenters. The molecule has 0 heterocycles. The lowest BCUT2D eigenvalue weighted by molar-refractivity contribution is -0.131. The van der Waals surface area contributed by atoms with E-state index < -0.39 is 0 Å².